The standard InChI is InChI=1S/C14H14BrN3OS/c1-18(8-9-4-3-5-10(15)6-9)14-13(19-2)12(17)11(7-16)20-14/h3-6H,8,17H2,1-2H3. The average Bonchev–Trinajstić information content (AvgIpc) is 2.75. The van der Waals surface area contributed by atoms with Crippen molar-refractivity contribution in [1.82, 2.24) is 0 Å². The summed E-state index contributed by atoms with van der Waals surface area (Å²) >= 11 is 4.81. The summed E-state index contributed by atoms with van der Waals surface area (Å²) in [5.41, 5.74) is 7.48. The highest BCUT2D eigenvalue weighted by Crippen LogP contribution is 2.44. The van der Waals surface area contributed by atoms with E-state index in [2.05, 4.69) is 34.1 Å². The molecule has 0 spiro atoms. The molecule has 0 radical (unpaired) electrons. The first-order valence-electron chi connectivity index (χ1n) is 5.88. The van der Waals surface area contributed by atoms with Crippen LogP contribution in [-0.4, -0.2) is 14.2 Å². The lowest BCUT2D eigenvalue weighted by molar-refractivity contribution is 0.418. The predicted octanol–water partition coefficient (Wildman–Crippen LogP) is 3.61. The van der Waals surface area contributed by atoms with Crippen LogP contribution in [0.1, 0.15) is 10.4 Å². The molecule has 0 saturated heterocycles. The lowest BCUT2D eigenvalue weighted by Gasteiger charge is -2.19. The summed E-state index contributed by atoms with van der Waals surface area (Å²) in [5, 5.41) is 9.92. The van der Waals surface area contributed by atoms with E-state index in [0.717, 1.165) is 15.0 Å². The second-order valence-corrected chi connectivity index (χ2v) is 6.20. The van der Waals surface area contributed by atoms with Gasteiger partial charge in [-0.25, -0.2) is 0 Å². The summed E-state index contributed by atoms with van der Waals surface area (Å²) in [7, 11) is 3.52. The highest BCUT2D eigenvalue weighted by molar-refractivity contribution is 9.10. The van der Waals surface area contributed by atoms with Crippen LogP contribution in [-0.2, 0) is 6.54 Å². The molecular formula is C14H14BrN3OS. The number of hydrogen-bond acceptors (Lipinski definition) is 5. The zero-order valence-electron chi connectivity index (χ0n) is 11.2. The molecule has 0 unspecified atom stereocenters. The first kappa shape index (κ1) is 14.7. The van der Waals surface area contributed by atoms with E-state index in [1.165, 1.54) is 11.3 Å². The van der Waals surface area contributed by atoms with E-state index < -0.39 is 0 Å². The van der Waals surface area contributed by atoms with E-state index in [-0.39, 0.29) is 0 Å². The number of halogens is 1. The molecule has 2 aromatic rings. The molecule has 0 aliphatic rings. The van der Waals surface area contributed by atoms with Gasteiger partial charge < -0.3 is 15.4 Å². The quantitative estimate of drug-likeness (QED) is 0.913. The first-order valence-corrected chi connectivity index (χ1v) is 7.49. The maximum absolute atomic E-state index is 9.06. The van der Waals surface area contributed by atoms with E-state index in [0.29, 0.717) is 22.9 Å². The lowest BCUT2D eigenvalue weighted by atomic mass is 10.2. The van der Waals surface area contributed by atoms with Crippen molar-refractivity contribution < 1.29 is 4.74 Å². The molecule has 0 aliphatic carbocycles. The van der Waals surface area contributed by atoms with Gasteiger partial charge in [0.15, 0.2) is 5.75 Å². The van der Waals surface area contributed by atoms with Gasteiger partial charge in [0.25, 0.3) is 0 Å². The van der Waals surface area contributed by atoms with E-state index in [1.54, 1.807) is 7.11 Å². The molecule has 0 saturated carbocycles. The molecule has 0 amide bonds. The van der Waals surface area contributed by atoms with E-state index >= 15 is 0 Å². The molecule has 104 valence electrons. The van der Waals surface area contributed by atoms with Crippen molar-refractivity contribution in [1.29, 1.82) is 5.26 Å². The number of rotatable bonds is 4. The number of hydrogen-bond donors (Lipinski definition) is 1. The Kier molecular flexibility index (Phi) is 4.53. The van der Waals surface area contributed by atoms with Crippen LogP contribution in [0, 0.1) is 11.3 Å². The minimum atomic E-state index is 0.413. The van der Waals surface area contributed by atoms with Gasteiger partial charge in [-0.3, -0.25) is 0 Å². The zero-order valence-corrected chi connectivity index (χ0v) is 13.6. The Morgan fingerprint density at radius 2 is 2.25 bits per heavy atom. The van der Waals surface area contributed by atoms with Crippen LogP contribution in [0.5, 0.6) is 5.75 Å². The number of methoxy groups -OCH3 is 1. The molecule has 1 heterocycles. The highest BCUT2D eigenvalue weighted by atomic mass is 79.9. The lowest BCUT2D eigenvalue weighted by Crippen LogP contribution is -2.15. The number of nitriles is 1. The first-order chi connectivity index (χ1) is 9.56. The van der Waals surface area contributed by atoms with Gasteiger partial charge in [-0.2, -0.15) is 5.26 Å². The number of nitrogens with two attached hydrogens (primary N) is 1. The zero-order chi connectivity index (χ0) is 14.7. The van der Waals surface area contributed by atoms with Gasteiger partial charge in [-0.1, -0.05) is 28.1 Å². The number of thiophene rings is 1. The average molecular weight is 352 g/mol. The Labute approximate surface area is 130 Å². The molecule has 0 fully saturated rings. The Morgan fingerprint density at radius 1 is 1.50 bits per heavy atom. The van der Waals surface area contributed by atoms with E-state index in [1.807, 2.05) is 24.1 Å². The van der Waals surface area contributed by atoms with Crippen LogP contribution < -0.4 is 15.4 Å². The number of nitrogen functional groups attached to an aromatic ring is 1. The minimum Gasteiger partial charge on any atom is -0.492 e. The molecule has 20 heavy (non-hydrogen) atoms. The third kappa shape index (κ3) is 2.89. The van der Waals surface area contributed by atoms with Gasteiger partial charge in [-0.15, -0.1) is 11.3 Å². The second-order valence-electron chi connectivity index (χ2n) is 4.28. The second kappa shape index (κ2) is 6.16. The number of nitrogens with zero attached hydrogens (tertiary/aromatic N) is 2. The van der Waals surface area contributed by atoms with Crippen LogP contribution in [0.2, 0.25) is 0 Å². The number of ether oxygens (including phenoxy) is 1. The van der Waals surface area contributed by atoms with Crippen LogP contribution in [0.4, 0.5) is 10.7 Å². The summed E-state index contributed by atoms with van der Waals surface area (Å²) in [5.74, 6) is 0.573. The Bertz CT molecular complexity index is 663. The predicted molar refractivity (Wildman–Crippen MR) is 86.2 cm³/mol. The normalized spacial score (nSPS) is 10.1. The Balaban J connectivity index is 2.30. The van der Waals surface area contributed by atoms with Crippen molar-refractivity contribution in [3.05, 3.63) is 39.2 Å². The molecule has 0 aliphatic heterocycles. The Morgan fingerprint density at radius 3 is 2.85 bits per heavy atom. The topological polar surface area (TPSA) is 62.3 Å². The van der Waals surface area contributed by atoms with Gasteiger partial charge >= 0.3 is 0 Å². The van der Waals surface area contributed by atoms with Crippen molar-refractivity contribution in [2.75, 3.05) is 24.8 Å². The molecule has 0 atom stereocenters. The summed E-state index contributed by atoms with van der Waals surface area (Å²) in [4.78, 5) is 2.51. The minimum absolute atomic E-state index is 0.413. The van der Waals surface area contributed by atoms with Crippen molar-refractivity contribution >= 4 is 38.0 Å². The van der Waals surface area contributed by atoms with Crippen molar-refractivity contribution in [2.45, 2.75) is 6.54 Å². The molecule has 4 nitrogen and oxygen atoms in total. The van der Waals surface area contributed by atoms with Gasteiger partial charge in [-0.05, 0) is 17.7 Å². The largest absolute Gasteiger partial charge is 0.492 e. The fourth-order valence-corrected chi connectivity index (χ4v) is 3.32. The smallest absolute Gasteiger partial charge is 0.177 e. The van der Waals surface area contributed by atoms with Gasteiger partial charge in [0.2, 0.25) is 0 Å². The molecular weight excluding hydrogens is 338 g/mol. The highest BCUT2D eigenvalue weighted by Gasteiger charge is 2.19. The summed E-state index contributed by atoms with van der Waals surface area (Å²) < 4.78 is 6.37. The van der Waals surface area contributed by atoms with Crippen LogP contribution >= 0.6 is 27.3 Å². The van der Waals surface area contributed by atoms with Crippen LogP contribution in [0.25, 0.3) is 0 Å². The fourth-order valence-electron chi connectivity index (χ4n) is 1.93. The molecule has 0 bridgehead atoms. The Hall–Kier alpha value is -1.71. The summed E-state index contributed by atoms with van der Waals surface area (Å²) in [6, 6.07) is 10.2. The SMILES string of the molecule is COc1c(N(C)Cc2cccc(Br)c2)sc(C#N)c1N. The van der Waals surface area contributed by atoms with E-state index in [4.69, 9.17) is 15.7 Å². The number of anilines is 2. The summed E-state index contributed by atoms with van der Waals surface area (Å²) in [6.45, 7) is 0.709. The molecule has 2 N–H and O–H groups in total. The molecule has 6 heteroatoms. The van der Waals surface area contributed by atoms with Crippen molar-refractivity contribution in [3.8, 4) is 11.8 Å². The van der Waals surface area contributed by atoms with Crippen molar-refractivity contribution in [2.24, 2.45) is 0 Å². The van der Waals surface area contributed by atoms with E-state index in [9.17, 15) is 0 Å². The van der Waals surface area contributed by atoms with Crippen LogP contribution in [0.15, 0.2) is 28.7 Å². The van der Waals surface area contributed by atoms with Gasteiger partial charge in [0, 0.05) is 18.1 Å². The maximum Gasteiger partial charge on any atom is 0.177 e. The van der Waals surface area contributed by atoms with Crippen molar-refractivity contribution in [3.63, 3.8) is 0 Å². The monoisotopic (exact) mass is 351 g/mol. The fraction of sp³-hybridized carbons (Fsp3) is 0.214. The third-order valence-electron chi connectivity index (χ3n) is 2.84. The molecule has 1 aromatic heterocycles. The van der Waals surface area contributed by atoms with Crippen LogP contribution in [0.3, 0.4) is 0 Å². The third-order valence-corrected chi connectivity index (χ3v) is 4.54. The van der Waals surface area contributed by atoms with Gasteiger partial charge in [0.05, 0.1) is 7.11 Å². The maximum atomic E-state index is 9.06. The molecule has 1 aromatic carbocycles. The molecule has 2 rings (SSSR count). The summed E-state index contributed by atoms with van der Waals surface area (Å²) in [6.07, 6.45) is 0. The number of benzene rings is 1. The van der Waals surface area contributed by atoms with Gasteiger partial charge in [0.1, 0.15) is 21.6 Å².